The molecule has 9 aliphatic rings. The fourth-order valence-corrected chi connectivity index (χ4v) is 18.1. The van der Waals surface area contributed by atoms with Crippen LogP contribution < -0.4 is 15.1 Å². The van der Waals surface area contributed by atoms with Crippen LogP contribution in [0.4, 0.5) is 5.69 Å². The molecule has 8 bridgehead atoms. The van der Waals surface area contributed by atoms with Crippen LogP contribution in [0.25, 0.3) is 44.8 Å². The van der Waals surface area contributed by atoms with E-state index >= 15 is 10.2 Å². The van der Waals surface area contributed by atoms with Crippen LogP contribution >= 0.6 is 0 Å². The van der Waals surface area contributed by atoms with Crippen LogP contribution in [0.2, 0.25) is 9.36 Å². The Kier molecular flexibility index (Phi) is 10.8. The maximum atomic E-state index is 15.3. The standard InChI is InChI=1S/C59H68N2O2.2CH3.Hf/c1-37-19-46(52(62)48(21-37)58-29-39-25-54(3,33-58)31-55(4,26-39)34-58)42-13-7-9-15-44(42)50-23-41(61-17-11-12-18-61)24-51(60-50)45-16-10-8-14-43(45)47-20-38(2)22-49(53(47)63)59-30-40-27-56(5,35-59)32-57(6,28-40)36-59;;;/h7-10,13-16,19-24,39-40,62-63H,11-12,17-18,25-36H2,1-6H3;2*1H3;/q;;;+2/p-2. The van der Waals surface area contributed by atoms with Crippen LogP contribution in [0.3, 0.4) is 0 Å². The average molecular weight is 1040 g/mol. The second kappa shape index (κ2) is 15.9. The second-order valence-corrected chi connectivity index (χ2v) is 28.7. The van der Waals surface area contributed by atoms with E-state index in [0.717, 1.165) is 124 Å². The third-order valence-electron chi connectivity index (χ3n) is 18.1. The summed E-state index contributed by atoms with van der Waals surface area (Å²) in [5, 5.41) is 30.5. The summed E-state index contributed by atoms with van der Waals surface area (Å²) >= 11 is 0.0833. The van der Waals surface area contributed by atoms with Gasteiger partial charge >= 0.3 is 32.3 Å². The molecule has 14 rings (SSSR count). The molecular formula is C61H72HfN2O2. The summed E-state index contributed by atoms with van der Waals surface area (Å²) in [6.45, 7) is 16.4. The summed E-state index contributed by atoms with van der Waals surface area (Å²) < 4.78 is 4.64. The quantitative estimate of drug-likeness (QED) is 0.152. The Morgan fingerprint density at radius 3 is 1.23 bits per heavy atom. The molecule has 4 aromatic carbocycles. The molecule has 0 radical (unpaired) electrons. The zero-order valence-corrected chi connectivity index (χ0v) is 44.9. The molecule has 8 aliphatic carbocycles. The normalized spacial score (nSPS) is 33.5. The summed E-state index contributed by atoms with van der Waals surface area (Å²) in [5.74, 6) is 1.84. The molecule has 5 aromatic rings. The monoisotopic (exact) mass is 1040 g/mol. The Hall–Kier alpha value is -3.70. The van der Waals surface area contributed by atoms with E-state index in [1.54, 1.807) is 0 Å². The third kappa shape index (κ3) is 7.58. The van der Waals surface area contributed by atoms with Crippen molar-refractivity contribution in [2.24, 2.45) is 33.5 Å². The molecule has 0 amide bonds. The van der Waals surface area contributed by atoms with Crippen molar-refractivity contribution in [1.82, 2.24) is 4.98 Å². The van der Waals surface area contributed by atoms with Crippen molar-refractivity contribution in [2.45, 2.75) is 152 Å². The number of rotatable bonds is 7. The van der Waals surface area contributed by atoms with Crippen molar-refractivity contribution < 1.29 is 33.1 Å². The number of hydrogen-bond acceptors (Lipinski definition) is 4. The van der Waals surface area contributed by atoms with Gasteiger partial charge in [-0.15, -0.1) is 0 Å². The average Bonchev–Trinajstić information content (AvgIpc) is 3.78. The number of aryl methyl sites for hydroxylation is 2. The van der Waals surface area contributed by atoms with Gasteiger partial charge in [0.25, 0.3) is 0 Å². The molecule has 4 nitrogen and oxygen atoms in total. The Labute approximate surface area is 407 Å². The molecule has 2 heterocycles. The van der Waals surface area contributed by atoms with Crippen molar-refractivity contribution in [3.8, 4) is 56.3 Å². The summed E-state index contributed by atoms with van der Waals surface area (Å²) in [6.07, 6.45) is 17.0. The first-order valence-corrected chi connectivity index (χ1v) is 32.8. The van der Waals surface area contributed by atoms with Crippen molar-refractivity contribution in [3.63, 3.8) is 0 Å². The van der Waals surface area contributed by atoms with Crippen LogP contribution in [0.15, 0.2) is 84.9 Å². The zero-order chi connectivity index (χ0) is 46.0. The van der Waals surface area contributed by atoms with Gasteiger partial charge in [0.05, 0.1) is 11.4 Å². The van der Waals surface area contributed by atoms with Crippen LogP contribution in [-0.2, 0) is 33.7 Å². The van der Waals surface area contributed by atoms with Crippen LogP contribution in [0.1, 0.15) is 140 Å². The Morgan fingerprint density at radius 1 is 0.500 bits per heavy atom. The molecule has 0 N–H and O–H groups in total. The number of benzene rings is 4. The van der Waals surface area contributed by atoms with Crippen LogP contribution in [0.5, 0.6) is 11.5 Å². The summed E-state index contributed by atoms with van der Waals surface area (Å²) in [6, 6.07) is 30.4. The minimum absolute atomic E-state index is 0.0534. The van der Waals surface area contributed by atoms with E-state index in [2.05, 4.69) is 141 Å². The van der Waals surface area contributed by atoms with Crippen LogP contribution in [-0.4, -0.2) is 18.1 Å². The zero-order valence-electron chi connectivity index (χ0n) is 41.3. The predicted molar refractivity (Wildman–Crippen MR) is 266 cm³/mol. The van der Waals surface area contributed by atoms with E-state index in [-0.39, 0.29) is 45.2 Å². The molecule has 342 valence electrons. The molecule has 5 heteroatoms. The molecule has 1 aliphatic heterocycles. The predicted octanol–water partition coefficient (Wildman–Crippen LogP) is 14.8. The Balaban J connectivity index is 0.00000156. The van der Waals surface area contributed by atoms with E-state index in [1.807, 2.05) is 0 Å². The van der Waals surface area contributed by atoms with Crippen molar-refractivity contribution in [3.05, 3.63) is 107 Å². The second-order valence-electron chi connectivity index (χ2n) is 25.1. The summed E-state index contributed by atoms with van der Waals surface area (Å²) in [4.78, 5) is 8.08. The fourth-order valence-electron chi connectivity index (χ4n) is 18.1. The Bertz CT molecular complexity index is 2520. The molecule has 8 saturated carbocycles. The number of aromatic nitrogens is 1. The van der Waals surface area contributed by atoms with Gasteiger partial charge in [0.2, 0.25) is 0 Å². The molecule has 9 fully saturated rings. The van der Waals surface area contributed by atoms with Crippen molar-refractivity contribution >= 4 is 5.69 Å². The van der Waals surface area contributed by atoms with E-state index < -0.39 is 0 Å². The molecular weight excluding hydrogens is 971 g/mol. The third-order valence-corrected chi connectivity index (χ3v) is 18.1. The van der Waals surface area contributed by atoms with Gasteiger partial charge in [-0.3, -0.25) is 0 Å². The molecule has 66 heavy (non-hydrogen) atoms. The van der Waals surface area contributed by atoms with Gasteiger partial charge in [-0.1, -0.05) is 123 Å². The number of anilines is 1. The van der Waals surface area contributed by atoms with Gasteiger partial charge in [-0.25, -0.2) is 4.98 Å². The summed E-state index contributed by atoms with van der Waals surface area (Å²) in [5.41, 5.74) is 14.0. The van der Waals surface area contributed by atoms with Crippen LogP contribution in [0, 0.1) is 47.3 Å². The van der Waals surface area contributed by atoms with Gasteiger partial charge in [0.15, 0.2) is 0 Å². The van der Waals surface area contributed by atoms with E-state index in [9.17, 15) is 0 Å². The number of hydrogen-bond donors (Lipinski definition) is 0. The number of pyridine rings is 1. The number of nitrogens with zero attached hydrogens (tertiary/aromatic N) is 2. The molecule has 4 unspecified atom stereocenters. The van der Waals surface area contributed by atoms with Gasteiger partial charge in [-0.2, -0.15) is 0 Å². The Morgan fingerprint density at radius 2 is 0.864 bits per heavy atom. The van der Waals surface area contributed by atoms with Crippen molar-refractivity contribution in [1.29, 1.82) is 0 Å². The first-order valence-electron chi connectivity index (χ1n) is 25.6. The molecule has 1 aromatic heterocycles. The van der Waals surface area contributed by atoms with Crippen molar-refractivity contribution in [2.75, 3.05) is 18.0 Å². The van der Waals surface area contributed by atoms with Gasteiger partial charge in [-0.05, 0) is 194 Å². The molecule has 0 spiro atoms. The first kappa shape index (κ1) is 44.8. The molecule has 1 saturated heterocycles. The first-order chi connectivity index (χ1) is 31.4. The SMILES string of the molecule is Cc1cc(-c2ccccc2-c2cc(N3CCCC3)cc(-c3ccccc3-c3cc(C)cc(C45CC6CC(C)(CC(C)(C6)C4)C5)c3[O-])n2)c([O-])c(C23CC4CC(C)(CC(C)(C4)C2)C3)c1.[CH3][Hf+2][CH3]. The maximum absolute atomic E-state index is 15.3. The molecule has 4 atom stereocenters. The minimum atomic E-state index is -0.0534. The topological polar surface area (TPSA) is 62.2 Å². The summed E-state index contributed by atoms with van der Waals surface area (Å²) in [7, 11) is 0. The van der Waals surface area contributed by atoms with E-state index in [1.165, 1.54) is 51.4 Å². The van der Waals surface area contributed by atoms with E-state index in [0.29, 0.717) is 33.5 Å². The van der Waals surface area contributed by atoms with Gasteiger partial charge in [0, 0.05) is 29.9 Å². The van der Waals surface area contributed by atoms with Gasteiger partial charge in [0.1, 0.15) is 0 Å². The fraction of sp³-hybridized carbons (Fsp3) is 0.525. The van der Waals surface area contributed by atoms with Gasteiger partial charge < -0.3 is 15.1 Å². The van der Waals surface area contributed by atoms with E-state index in [4.69, 9.17) is 4.98 Å².